The van der Waals surface area contributed by atoms with Gasteiger partial charge in [0.15, 0.2) is 5.65 Å². The molecule has 0 N–H and O–H groups in total. The van der Waals surface area contributed by atoms with E-state index in [1.807, 2.05) is 12.1 Å². The van der Waals surface area contributed by atoms with Crippen LogP contribution < -0.4 is 4.74 Å². The van der Waals surface area contributed by atoms with Crippen LogP contribution in [0, 0.1) is 6.92 Å². The summed E-state index contributed by atoms with van der Waals surface area (Å²) < 4.78 is 46.8. The number of hydrogen-bond donors (Lipinski definition) is 0. The second kappa shape index (κ2) is 8.30. The zero-order chi connectivity index (χ0) is 22.2. The predicted octanol–water partition coefficient (Wildman–Crippen LogP) is 4.36. The number of likely N-dealkylation sites (tertiary alicyclic amines) is 1. The second-order valence-electron chi connectivity index (χ2n) is 7.93. The Bertz CT molecular complexity index is 1090. The first kappa shape index (κ1) is 21.3. The number of rotatable bonds is 4. The van der Waals surface area contributed by atoms with Crippen molar-refractivity contribution in [2.75, 3.05) is 13.1 Å². The summed E-state index contributed by atoms with van der Waals surface area (Å²) in [5.74, 6) is 0.0270. The quantitative estimate of drug-likeness (QED) is 0.453. The Morgan fingerprint density at radius 3 is 2.65 bits per heavy atom. The van der Waals surface area contributed by atoms with E-state index in [-0.39, 0.29) is 17.5 Å². The standard InChI is InChI=1S/C22H23F3N4O2/c1-14-10-21-26-19(11-20(22(23,24)25)29(21)27-14)17-4-3-9-28(13-17)12-16-5-7-18(8-6-16)31-15(2)30/h5-8,10-11,17H,3-4,9,12-13H2,1-2H3/t17-/m0/s1. The molecule has 1 fully saturated rings. The fourth-order valence-corrected chi connectivity index (χ4v) is 4.05. The Morgan fingerprint density at radius 1 is 1.23 bits per heavy atom. The molecule has 1 saturated heterocycles. The van der Waals surface area contributed by atoms with Crippen molar-refractivity contribution in [2.45, 2.75) is 45.3 Å². The van der Waals surface area contributed by atoms with E-state index in [4.69, 9.17) is 4.74 Å². The lowest BCUT2D eigenvalue weighted by molar-refractivity contribution is -0.142. The topological polar surface area (TPSA) is 59.7 Å². The van der Waals surface area contributed by atoms with Crippen LogP contribution in [0.4, 0.5) is 13.2 Å². The average molecular weight is 432 g/mol. The summed E-state index contributed by atoms with van der Waals surface area (Å²) in [6, 6.07) is 9.98. The summed E-state index contributed by atoms with van der Waals surface area (Å²) in [6.45, 7) is 5.16. The number of ether oxygens (including phenoxy) is 1. The highest BCUT2D eigenvalue weighted by Gasteiger charge is 2.36. The fourth-order valence-electron chi connectivity index (χ4n) is 4.05. The predicted molar refractivity (Wildman–Crippen MR) is 108 cm³/mol. The van der Waals surface area contributed by atoms with Crippen molar-refractivity contribution in [3.8, 4) is 5.75 Å². The van der Waals surface area contributed by atoms with Crippen LogP contribution >= 0.6 is 0 Å². The minimum atomic E-state index is -4.51. The molecule has 31 heavy (non-hydrogen) atoms. The third kappa shape index (κ3) is 4.87. The van der Waals surface area contributed by atoms with Gasteiger partial charge in [-0.2, -0.15) is 18.3 Å². The molecular weight excluding hydrogens is 409 g/mol. The number of halogens is 3. The van der Waals surface area contributed by atoms with Gasteiger partial charge in [-0.3, -0.25) is 9.69 Å². The molecule has 1 aliphatic heterocycles. The molecular formula is C22H23F3N4O2. The zero-order valence-corrected chi connectivity index (χ0v) is 17.3. The van der Waals surface area contributed by atoms with Gasteiger partial charge in [0, 0.05) is 37.7 Å². The van der Waals surface area contributed by atoms with E-state index >= 15 is 0 Å². The van der Waals surface area contributed by atoms with Crippen molar-refractivity contribution < 1.29 is 22.7 Å². The van der Waals surface area contributed by atoms with Crippen LogP contribution in [-0.4, -0.2) is 38.6 Å². The van der Waals surface area contributed by atoms with Gasteiger partial charge < -0.3 is 4.74 Å². The largest absolute Gasteiger partial charge is 0.433 e. The number of piperidine rings is 1. The SMILES string of the molecule is CC(=O)Oc1ccc(CN2CCC[C@H](c3cc(C(F)(F)F)n4nc(C)cc4n3)C2)cc1. The van der Waals surface area contributed by atoms with Crippen molar-refractivity contribution in [1.82, 2.24) is 19.5 Å². The number of esters is 1. The van der Waals surface area contributed by atoms with Gasteiger partial charge in [0.25, 0.3) is 0 Å². The van der Waals surface area contributed by atoms with Crippen LogP contribution in [0.5, 0.6) is 5.75 Å². The number of aryl methyl sites for hydroxylation is 1. The minimum absolute atomic E-state index is 0.0876. The lowest BCUT2D eigenvalue weighted by atomic mass is 9.93. The molecule has 3 heterocycles. The van der Waals surface area contributed by atoms with E-state index in [0.29, 0.717) is 30.2 Å². The van der Waals surface area contributed by atoms with Gasteiger partial charge in [-0.05, 0) is 50.1 Å². The molecule has 0 aliphatic carbocycles. The van der Waals surface area contributed by atoms with Gasteiger partial charge in [0.05, 0.1) is 5.69 Å². The van der Waals surface area contributed by atoms with Crippen LogP contribution in [-0.2, 0) is 17.5 Å². The summed E-state index contributed by atoms with van der Waals surface area (Å²) in [6.07, 6.45) is -2.84. The molecule has 0 saturated carbocycles. The molecule has 1 aromatic carbocycles. The molecule has 4 rings (SSSR count). The molecule has 164 valence electrons. The number of carbonyl (C=O) groups is 1. The summed E-state index contributed by atoms with van der Waals surface area (Å²) in [4.78, 5) is 17.8. The van der Waals surface area contributed by atoms with E-state index in [0.717, 1.165) is 35.5 Å². The van der Waals surface area contributed by atoms with Crippen molar-refractivity contribution in [3.63, 3.8) is 0 Å². The summed E-state index contributed by atoms with van der Waals surface area (Å²) in [7, 11) is 0. The summed E-state index contributed by atoms with van der Waals surface area (Å²) in [5, 5.41) is 3.95. The van der Waals surface area contributed by atoms with Crippen LogP contribution in [0.2, 0.25) is 0 Å². The molecule has 1 atom stereocenters. The van der Waals surface area contributed by atoms with Gasteiger partial charge in [0.1, 0.15) is 11.4 Å². The van der Waals surface area contributed by atoms with Crippen molar-refractivity contribution >= 4 is 11.6 Å². The van der Waals surface area contributed by atoms with Crippen molar-refractivity contribution in [2.24, 2.45) is 0 Å². The lowest BCUT2D eigenvalue weighted by Gasteiger charge is -2.32. The van der Waals surface area contributed by atoms with Crippen LogP contribution in [0.15, 0.2) is 36.4 Å². The highest BCUT2D eigenvalue weighted by Crippen LogP contribution is 2.34. The lowest BCUT2D eigenvalue weighted by Crippen LogP contribution is -2.34. The van der Waals surface area contributed by atoms with E-state index in [9.17, 15) is 18.0 Å². The Balaban J connectivity index is 1.53. The summed E-state index contributed by atoms with van der Waals surface area (Å²) >= 11 is 0. The monoisotopic (exact) mass is 432 g/mol. The second-order valence-corrected chi connectivity index (χ2v) is 7.93. The maximum absolute atomic E-state index is 13.6. The number of benzene rings is 1. The van der Waals surface area contributed by atoms with E-state index in [2.05, 4.69) is 15.0 Å². The maximum Gasteiger partial charge on any atom is 0.433 e. The molecule has 9 heteroatoms. The number of hydrogen-bond acceptors (Lipinski definition) is 5. The third-order valence-electron chi connectivity index (χ3n) is 5.37. The van der Waals surface area contributed by atoms with Gasteiger partial charge in [-0.15, -0.1) is 0 Å². The van der Waals surface area contributed by atoms with Crippen LogP contribution in [0.25, 0.3) is 5.65 Å². The molecule has 0 spiro atoms. The molecule has 0 radical (unpaired) electrons. The molecule has 1 aliphatic rings. The van der Waals surface area contributed by atoms with Crippen molar-refractivity contribution in [1.29, 1.82) is 0 Å². The Labute approximate surface area is 177 Å². The molecule has 0 bridgehead atoms. The number of aromatic nitrogens is 3. The van der Waals surface area contributed by atoms with E-state index in [1.165, 1.54) is 6.92 Å². The third-order valence-corrected chi connectivity index (χ3v) is 5.37. The Kier molecular flexibility index (Phi) is 5.70. The molecule has 2 aromatic heterocycles. The first-order valence-corrected chi connectivity index (χ1v) is 10.1. The van der Waals surface area contributed by atoms with Crippen molar-refractivity contribution in [3.05, 3.63) is 59.0 Å². The first-order chi connectivity index (χ1) is 14.7. The van der Waals surface area contributed by atoms with Gasteiger partial charge in [-0.25, -0.2) is 9.50 Å². The smallest absolute Gasteiger partial charge is 0.427 e. The maximum atomic E-state index is 13.6. The minimum Gasteiger partial charge on any atom is -0.427 e. The molecule has 6 nitrogen and oxygen atoms in total. The van der Waals surface area contributed by atoms with E-state index < -0.39 is 11.9 Å². The van der Waals surface area contributed by atoms with E-state index in [1.54, 1.807) is 25.1 Å². The summed E-state index contributed by atoms with van der Waals surface area (Å²) in [5.41, 5.74) is 1.42. The Hall–Kier alpha value is -2.94. The van der Waals surface area contributed by atoms with Gasteiger partial charge in [-0.1, -0.05) is 12.1 Å². The van der Waals surface area contributed by atoms with Gasteiger partial charge >= 0.3 is 12.1 Å². The van der Waals surface area contributed by atoms with Crippen LogP contribution in [0.1, 0.15) is 48.3 Å². The average Bonchev–Trinajstić information content (AvgIpc) is 3.07. The van der Waals surface area contributed by atoms with Crippen LogP contribution in [0.3, 0.4) is 0 Å². The number of carbonyl (C=O) groups excluding carboxylic acids is 1. The fraction of sp³-hybridized carbons (Fsp3) is 0.409. The molecule has 0 unspecified atom stereocenters. The number of fused-ring (bicyclic) bond motifs is 1. The molecule has 3 aromatic rings. The number of nitrogens with zero attached hydrogens (tertiary/aromatic N) is 4. The van der Waals surface area contributed by atoms with Gasteiger partial charge in [0.2, 0.25) is 0 Å². The molecule has 0 amide bonds. The number of alkyl halides is 3. The highest BCUT2D eigenvalue weighted by molar-refractivity contribution is 5.69. The zero-order valence-electron chi connectivity index (χ0n) is 17.3. The first-order valence-electron chi connectivity index (χ1n) is 10.1. The normalized spacial score (nSPS) is 17.8. The Morgan fingerprint density at radius 2 is 1.97 bits per heavy atom. The highest BCUT2D eigenvalue weighted by atomic mass is 19.4.